The number of aliphatic carboxylic acids is 1. The van der Waals surface area contributed by atoms with Crippen molar-refractivity contribution >= 4 is 23.2 Å². The summed E-state index contributed by atoms with van der Waals surface area (Å²) in [6.07, 6.45) is 4.30. The summed E-state index contributed by atoms with van der Waals surface area (Å²) in [4.78, 5) is 29.2. The molecule has 0 fully saturated rings. The van der Waals surface area contributed by atoms with Crippen LogP contribution in [0.2, 0.25) is 0 Å². The van der Waals surface area contributed by atoms with Crippen LogP contribution in [0.5, 0.6) is 0 Å². The van der Waals surface area contributed by atoms with Crippen LogP contribution in [0.1, 0.15) is 32.6 Å². The van der Waals surface area contributed by atoms with Crippen LogP contribution in [0.4, 0.5) is 0 Å². The van der Waals surface area contributed by atoms with E-state index in [9.17, 15) is 14.7 Å². The molecule has 0 bridgehead atoms. The van der Waals surface area contributed by atoms with Gasteiger partial charge in [0.1, 0.15) is 6.04 Å². The average molecular weight is 318 g/mol. The lowest BCUT2D eigenvalue weighted by Gasteiger charge is -2.13. The molecule has 22 heavy (non-hydrogen) atoms. The third-order valence-electron chi connectivity index (χ3n) is 3.36. The Balaban J connectivity index is 2.10. The molecule has 2 rings (SSSR count). The number of carboxylic acid groups (broad SMARTS) is 1. The van der Waals surface area contributed by atoms with Gasteiger partial charge in [0.15, 0.2) is 0 Å². The molecule has 2 aromatic heterocycles. The number of nitrogens with one attached hydrogen (secondary N) is 1. The van der Waals surface area contributed by atoms with Crippen LogP contribution in [0, 0.1) is 6.92 Å². The molecule has 0 saturated carbocycles. The van der Waals surface area contributed by atoms with Gasteiger partial charge in [-0.25, -0.2) is 4.79 Å². The molecule has 0 aliphatic carbocycles. The van der Waals surface area contributed by atoms with Crippen molar-refractivity contribution in [2.75, 3.05) is 0 Å². The van der Waals surface area contributed by atoms with E-state index in [2.05, 4.69) is 10.3 Å². The first kappa shape index (κ1) is 16.2. The molecule has 2 aromatic rings. The van der Waals surface area contributed by atoms with Crippen LogP contribution < -0.4 is 5.32 Å². The van der Waals surface area contributed by atoms with E-state index in [4.69, 9.17) is 0 Å². The summed E-state index contributed by atoms with van der Waals surface area (Å²) in [5.74, 6) is -1.39. The van der Waals surface area contributed by atoms with Gasteiger partial charge in [-0.2, -0.15) is 0 Å². The number of thiophene rings is 1. The zero-order valence-corrected chi connectivity index (χ0v) is 13.3. The standard InChI is InChI=1S/C16H18N2O3S/c1-3-13-10(2)8-14(22-13)15(19)18-12(16(20)21)9-11-4-6-17-7-5-11/h4-8,12H,3,9H2,1-2H3,(H,18,19)(H,20,21). The van der Waals surface area contributed by atoms with Crippen molar-refractivity contribution in [1.82, 2.24) is 10.3 Å². The van der Waals surface area contributed by atoms with E-state index in [1.807, 2.05) is 19.9 Å². The Bertz CT molecular complexity index is 667. The van der Waals surface area contributed by atoms with Crippen LogP contribution in [-0.4, -0.2) is 28.0 Å². The highest BCUT2D eigenvalue weighted by molar-refractivity contribution is 7.14. The van der Waals surface area contributed by atoms with Crippen molar-refractivity contribution in [3.8, 4) is 0 Å². The third-order valence-corrected chi connectivity index (χ3v) is 4.74. The molecule has 0 spiro atoms. The van der Waals surface area contributed by atoms with Gasteiger partial charge in [0, 0.05) is 23.7 Å². The predicted molar refractivity (Wildman–Crippen MR) is 85.3 cm³/mol. The molecular formula is C16H18N2O3S. The number of aromatic nitrogens is 1. The van der Waals surface area contributed by atoms with Crippen LogP contribution in [-0.2, 0) is 17.6 Å². The third kappa shape index (κ3) is 3.92. The Kier molecular flexibility index (Phi) is 5.27. The largest absolute Gasteiger partial charge is 0.480 e. The van der Waals surface area contributed by atoms with E-state index in [0.717, 1.165) is 22.4 Å². The molecule has 0 radical (unpaired) electrons. The maximum Gasteiger partial charge on any atom is 0.326 e. The Morgan fingerprint density at radius 1 is 1.36 bits per heavy atom. The monoisotopic (exact) mass is 318 g/mol. The van der Waals surface area contributed by atoms with Gasteiger partial charge in [-0.05, 0) is 42.7 Å². The van der Waals surface area contributed by atoms with Crippen LogP contribution in [0.15, 0.2) is 30.6 Å². The number of hydrogen-bond donors (Lipinski definition) is 2. The molecule has 2 heterocycles. The van der Waals surface area contributed by atoms with Gasteiger partial charge in [-0.15, -0.1) is 11.3 Å². The van der Waals surface area contributed by atoms with Crippen molar-refractivity contribution < 1.29 is 14.7 Å². The molecule has 1 atom stereocenters. The van der Waals surface area contributed by atoms with Crippen LogP contribution in [0.25, 0.3) is 0 Å². The fraction of sp³-hybridized carbons (Fsp3) is 0.312. The van der Waals surface area contributed by atoms with Crippen molar-refractivity contribution in [2.45, 2.75) is 32.7 Å². The molecule has 5 nitrogen and oxygen atoms in total. The molecule has 0 aliphatic rings. The summed E-state index contributed by atoms with van der Waals surface area (Å²) < 4.78 is 0. The highest BCUT2D eigenvalue weighted by Crippen LogP contribution is 2.22. The first-order valence-corrected chi connectivity index (χ1v) is 7.84. The number of nitrogens with zero attached hydrogens (tertiary/aromatic N) is 1. The Labute approximate surface area is 133 Å². The number of rotatable bonds is 6. The van der Waals surface area contributed by atoms with Crippen LogP contribution in [0.3, 0.4) is 0 Å². The topological polar surface area (TPSA) is 79.3 Å². The molecule has 1 amide bonds. The number of carbonyl (C=O) groups is 2. The molecule has 6 heteroatoms. The lowest BCUT2D eigenvalue weighted by atomic mass is 10.1. The van der Waals surface area contributed by atoms with E-state index in [1.165, 1.54) is 11.3 Å². The summed E-state index contributed by atoms with van der Waals surface area (Å²) >= 11 is 1.41. The summed E-state index contributed by atoms with van der Waals surface area (Å²) in [6.45, 7) is 3.99. The van der Waals surface area contributed by atoms with E-state index in [1.54, 1.807) is 24.5 Å². The molecule has 0 aromatic carbocycles. The van der Waals surface area contributed by atoms with Gasteiger partial charge in [0.25, 0.3) is 5.91 Å². The second-order valence-corrected chi connectivity index (χ2v) is 6.13. The molecular weight excluding hydrogens is 300 g/mol. The van der Waals surface area contributed by atoms with E-state index >= 15 is 0 Å². The molecule has 116 valence electrons. The summed E-state index contributed by atoms with van der Waals surface area (Å²) in [6, 6.07) is 4.34. The normalized spacial score (nSPS) is 11.9. The highest BCUT2D eigenvalue weighted by Gasteiger charge is 2.22. The zero-order valence-electron chi connectivity index (χ0n) is 12.5. The Hall–Kier alpha value is -2.21. The van der Waals surface area contributed by atoms with Gasteiger partial charge in [-0.1, -0.05) is 6.92 Å². The second-order valence-electron chi connectivity index (χ2n) is 4.99. The quantitative estimate of drug-likeness (QED) is 0.857. The lowest BCUT2D eigenvalue weighted by Crippen LogP contribution is -2.42. The number of hydrogen-bond acceptors (Lipinski definition) is 4. The molecule has 0 aliphatic heterocycles. The van der Waals surface area contributed by atoms with Crippen molar-refractivity contribution in [3.63, 3.8) is 0 Å². The maximum absolute atomic E-state index is 12.3. The first-order chi connectivity index (χ1) is 10.5. The van der Waals surface area contributed by atoms with Gasteiger partial charge >= 0.3 is 5.97 Å². The zero-order chi connectivity index (χ0) is 16.1. The predicted octanol–water partition coefficient (Wildman–Crippen LogP) is 2.44. The SMILES string of the molecule is CCc1sc(C(=O)NC(Cc2ccncc2)C(=O)O)cc1C. The minimum atomic E-state index is -1.05. The number of amides is 1. The smallest absolute Gasteiger partial charge is 0.326 e. The minimum Gasteiger partial charge on any atom is -0.480 e. The van der Waals surface area contributed by atoms with E-state index in [-0.39, 0.29) is 12.3 Å². The van der Waals surface area contributed by atoms with Gasteiger partial charge in [0.2, 0.25) is 0 Å². The van der Waals surface area contributed by atoms with E-state index in [0.29, 0.717) is 4.88 Å². The minimum absolute atomic E-state index is 0.231. The average Bonchev–Trinajstić information content (AvgIpc) is 2.88. The summed E-state index contributed by atoms with van der Waals surface area (Å²) in [7, 11) is 0. The number of aryl methyl sites for hydroxylation is 2. The number of carboxylic acids is 1. The van der Waals surface area contributed by atoms with Gasteiger partial charge in [0.05, 0.1) is 4.88 Å². The lowest BCUT2D eigenvalue weighted by molar-refractivity contribution is -0.139. The maximum atomic E-state index is 12.3. The fourth-order valence-electron chi connectivity index (χ4n) is 2.17. The van der Waals surface area contributed by atoms with Gasteiger partial charge in [-0.3, -0.25) is 9.78 Å². The highest BCUT2D eigenvalue weighted by atomic mass is 32.1. The molecule has 0 saturated heterocycles. The number of carbonyl (C=O) groups excluding carboxylic acids is 1. The first-order valence-electron chi connectivity index (χ1n) is 7.03. The van der Waals surface area contributed by atoms with Crippen molar-refractivity contribution in [1.29, 1.82) is 0 Å². The fourth-order valence-corrected chi connectivity index (χ4v) is 3.18. The summed E-state index contributed by atoms with van der Waals surface area (Å²) in [5, 5.41) is 11.9. The Morgan fingerprint density at radius 3 is 2.59 bits per heavy atom. The number of pyridine rings is 1. The summed E-state index contributed by atoms with van der Waals surface area (Å²) in [5.41, 5.74) is 1.89. The molecule has 2 N–H and O–H groups in total. The van der Waals surface area contributed by atoms with E-state index < -0.39 is 12.0 Å². The van der Waals surface area contributed by atoms with Crippen LogP contribution >= 0.6 is 11.3 Å². The van der Waals surface area contributed by atoms with Crippen molar-refractivity contribution in [2.24, 2.45) is 0 Å². The Morgan fingerprint density at radius 2 is 2.05 bits per heavy atom. The second kappa shape index (κ2) is 7.17. The van der Waals surface area contributed by atoms with Gasteiger partial charge < -0.3 is 10.4 Å². The molecule has 1 unspecified atom stereocenters. The van der Waals surface area contributed by atoms with Crippen molar-refractivity contribution in [3.05, 3.63) is 51.5 Å².